The molecule has 0 aliphatic heterocycles. The van der Waals surface area contributed by atoms with Gasteiger partial charge in [0.25, 0.3) is 0 Å². The van der Waals surface area contributed by atoms with E-state index in [0.717, 1.165) is 5.56 Å². The summed E-state index contributed by atoms with van der Waals surface area (Å²) in [5.41, 5.74) is 6.96. The van der Waals surface area contributed by atoms with E-state index >= 15 is 0 Å². The molecule has 1 amide bonds. The summed E-state index contributed by atoms with van der Waals surface area (Å²) in [6.45, 7) is 4.26. The van der Waals surface area contributed by atoms with Crippen molar-refractivity contribution in [1.29, 1.82) is 0 Å². The molecule has 0 aliphatic carbocycles. The fourth-order valence-electron chi connectivity index (χ4n) is 1.93. The van der Waals surface area contributed by atoms with Crippen molar-refractivity contribution in [2.75, 3.05) is 6.61 Å². The Morgan fingerprint density at radius 2 is 1.83 bits per heavy atom. The maximum absolute atomic E-state index is 11.8. The van der Waals surface area contributed by atoms with Gasteiger partial charge >= 0.3 is 0 Å². The molecular formula is C18H18Cl2N2O2. The molecule has 2 N–H and O–H groups in total. The number of carbonyl (C=O) groups excluding carboxylic acids is 1. The molecule has 0 saturated heterocycles. The molecule has 0 radical (unpaired) electrons. The third-order valence-electron chi connectivity index (χ3n) is 3.17. The summed E-state index contributed by atoms with van der Waals surface area (Å²) in [6, 6.07) is 14.6. The van der Waals surface area contributed by atoms with E-state index in [9.17, 15) is 4.79 Å². The minimum absolute atomic E-state index is 0.141. The highest BCUT2D eigenvalue weighted by Crippen LogP contribution is 2.27. The number of benzene rings is 2. The summed E-state index contributed by atoms with van der Waals surface area (Å²) in [4.78, 5) is 11.8. The number of carbonyl (C=O) groups is 1. The molecule has 24 heavy (non-hydrogen) atoms. The number of halogens is 2. The summed E-state index contributed by atoms with van der Waals surface area (Å²) in [5.74, 6) is 0.412. The van der Waals surface area contributed by atoms with Crippen molar-refractivity contribution >= 4 is 34.8 Å². The Morgan fingerprint density at radius 1 is 1.08 bits per heavy atom. The Labute approximate surface area is 151 Å². The van der Waals surface area contributed by atoms with Gasteiger partial charge in [-0.3, -0.25) is 15.6 Å². The van der Waals surface area contributed by atoms with Gasteiger partial charge < -0.3 is 4.74 Å². The van der Waals surface area contributed by atoms with Crippen LogP contribution in [0.4, 0.5) is 0 Å². The van der Waals surface area contributed by atoms with Gasteiger partial charge in [-0.15, -0.1) is 0 Å². The van der Waals surface area contributed by atoms with Crippen LogP contribution >= 0.6 is 23.2 Å². The van der Waals surface area contributed by atoms with Gasteiger partial charge in [-0.25, -0.2) is 0 Å². The van der Waals surface area contributed by atoms with Crippen molar-refractivity contribution in [3.05, 3.63) is 70.7 Å². The fourth-order valence-corrected chi connectivity index (χ4v) is 2.39. The van der Waals surface area contributed by atoms with E-state index in [-0.39, 0.29) is 5.91 Å². The summed E-state index contributed by atoms with van der Waals surface area (Å²) in [6.07, 6.45) is 0.880. The zero-order valence-corrected chi connectivity index (χ0v) is 14.5. The molecule has 6 heteroatoms. The largest absolute Gasteiger partial charge is 0.492 e. The highest BCUT2D eigenvalue weighted by atomic mass is 35.5. The molecule has 0 atom stereocenters. The average molecular weight is 365 g/mol. The first-order chi connectivity index (χ1) is 11.6. The Morgan fingerprint density at radius 3 is 2.54 bits per heavy atom. The summed E-state index contributed by atoms with van der Waals surface area (Å²) < 4.78 is 5.53. The van der Waals surface area contributed by atoms with Crippen LogP contribution in [-0.4, -0.2) is 12.5 Å². The number of hydrogen-bond donors (Lipinski definition) is 2. The van der Waals surface area contributed by atoms with E-state index in [4.69, 9.17) is 27.9 Å². The predicted octanol–water partition coefficient (Wildman–Crippen LogP) is 4.44. The first-order valence-corrected chi connectivity index (χ1v) is 8.19. The number of hydrazine groups is 1. The van der Waals surface area contributed by atoms with Crippen LogP contribution in [0.15, 0.2) is 55.1 Å². The van der Waals surface area contributed by atoms with Gasteiger partial charge in [0.05, 0.1) is 17.3 Å². The molecule has 0 spiro atoms. The third kappa shape index (κ3) is 5.80. The lowest BCUT2D eigenvalue weighted by Gasteiger charge is -2.11. The number of nitrogens with one attached hydrogen (secondary N) is 2. The molecule has 0 unspecified atom stereocenters. The molecule has 126 valence electrons. The van der Waals surface area contributed by atoms with E-state index in [2.05, 4.69) is 17.4 Å². The van der Waals surface area contributed by atoms with Crippen molar-refractivity contribution in [3.8, 4) is 5.75 Å². The fraction of sp³-hybridized carbons (Fsp3) is 0.167. The lowest BCUT2D eigenvalue weighted by Crippen LogP contribution is -2.35. The van der Waals surface area contributed by atoms with Crippen LogP contribution in [0.25, 0.3) is 5.70 Å². The van der Waals surface area contributed by atoms with Crippen LogP contribution < -0.4 is 15.6 Å². The number of ether oxygens (including phenoxy) is 1. The van der Waals surface area contributed by atoms with Gasteiger partial charge in [-0.2, -0.15) is 0 Å². The quantitative estimate of drug-likeness (QED) is 0.537. The van der Waals surface area contributed by atoms with Crippen LogP contribution in [0.1, 0.15) is 18.4 Å². The molecule has 2 aromatic rings. The molecule has 0 saturated carbocycles. The van der Waals surface area contributed by atoms with Crippen molar-refractivity contribution in [1.82, 2.24) is 10.9 Å². The van der Waals surface area contributed by atoms with Crippen LogP contribution in [-0.2, 0) is 4.79 Å². The zero-order chi connectivity index (χ0) is 17.4. The summed E-state index contributed by atoms with van der Waals surface area (Å²) >= 11 is 11.8. The Balaban J connectivity index is 1.65. The maximum Gasteiger partial charge on any atom is 0.238 e. The minimum Gasteiger partial charge on any atom is -0.492 e. The Bertz CT molecular complexity index is 705. The molecule has 0 aromatic heterocycles. The van der Waals surface area contributed by atoms with Crippen LogP contribution in [0.3, 0.4) is 0 Å². The zero-order valence-electron chi connectivity index (χ0n) is 13.0. The van der Waals surface area contributed by atoms with Crippen LogP contribution in [0.5, 0.6) is 5.75 Å². The smallest absolute Gasteiger partial charge is 0.238 e. The maximum atomic E-state index is 11.8. The van der Waals surface area contributed by atoms with Gasteiger partial charge in [0.2, 0.25) is 5.91 Å². The molecule has 0 aliphatic rings. The highest BCUT2D eigenvalue weighted by molar-refractivity contribution is 6.35. The van der Waals surface area contributed by atoms with E-state index in [1.807, 2.05) is 30.3 Å². The molecule has 4 nitrogen and oxygen atoms in total. The van der Waals surface area contributed by atoms with Gasteiger partial charge in [0.1, 0.15) is 5.75 Å². The van der Waals surface area contributed by atoms with E-state index in [1.165, 1.54) is 0 Å². The lowest BCUT2D eigenvalue weighted by atomic mass is 10.2. The Hall–Kier alpha value is -2.17. The molecular weight excluding hydrogens is 347 g/mol. The Kier molecular flexibility index (Phi) is 6.97. The predicted molar refractivity (Wildman–Crippen MR) is 97.9 cm³/mol. The summed E-state index contributed by atoms with van der Waals surface area (Å²) in [7, 11) is 0. The molecule has 0 heterocycles. The number of rotatable bonds is 8. The van der Waals surface area contributed by atoms with E-state index < -0.39 is 0 Å². The van der Waals surface area contributed by atoms with Gasteiger partial charge in [0, 0.05) is 11.4 Å². The van der Waals surface area contributed by atoms with Crippen LogP contribution in [0, 0.1) is 0 Å². The number of hydrogen-bond acceptors (Lipinski definition) is 3. The number of amides is 1. The second-order valence-electron chi connectivity index (χ2n) is 5.04. The molecule has 2 aromatic carbocycles. The van der Waals surface area contributed by atoms with Gasteiger partial charge in [0.15, 0.2) is 0 Å². The lowest BCUT2D eigenvalue weighted by molar-refractivity contribution is -0.121. The third-order valence-corrected chi connectivity index (χ3v) is 3.71. The molecule has 0 bridgehead atoms. The monoisotopic (exact) mass is 364 g/mol. The second-order valence-corrected chi connectivity index (χ2v) is 5.89. The average Bonchev–Trinajstić information content (AvgIpc) is 2.59. The minimum atomic E-state index is -0.141. The second kappa shape index (κ2) is 9.21. The first-order valence-electron chi connectivity index (χ1n) is 7.43. The van der Waals surface area contributed by atoms with Gasteiger partial charge in [-0.1, -0.05) is 60.1 Å². The van der Waals surface area contributed by atoms with E-state index in [1.54, 1.807) is 18.2 Å². The standard InChI is InChI=1S/C18H18Cl2N2O2/c1-13(14-6-3-2-4-7-14)21-22-18(23)8-5-11-24-17-10-9-15(19)12-16(17)20/h2-4,6-7,9-10,12,21H,1,5,8,11H2,(H,22,23). The normalized spacial score (nSPS) is 10.1. The van der Waals surface area contributed by atoms with Gasteiger partial charge in [-0.05, 0) is 30.2 Å². The van der Waals surface area contributed by atoms with Crippen molar-refractivity contribution in [2.24, 2.45) is 0 Å². The highest BCUT2D eigenvalue weighted by Gasteiger charge is 2.05. The summed E-state index contributed by atoms with van der Waals surface area (Å²) in [5, 5.41) is 1.00. The van der Waals surface area contributed by atoms with E-state index in [0.29, 0.717) is 40.9 Å². The topological polar surface area (TPSA) is 50.4 Å². The first kappa shape index (κ1) is 18.2. The molecule has 0 fully saturated rings. The van der Waals surface area contributed by atoms with Crippen molar-refractivity contribution < 1.29 is 9.53 Å². The SMILES string of the molecule is C=C(NNC(=O)CCCOc1ccc(Cl)cc1Cl)c1ccccc1. The molecule has 2 rings (SSSR count). The van der Waals surface area contributed by atoms with Crippen LogP contribution in [0.2, 0.25) is 10.0 Å². The van der Waals surface area contributed by atoms with Crippen molar-refractivity contribution in [3.63, 3.8) is 0 Å². The van der Waals surface area contributed by atoms with Crippen molar-refractivity contribution in [2.45, 2.75) is 12.8 Å².